The lowest BCUT2D eigenvalue weighted by Gasteiger charge is -2.41. The molecule has 13 nitrogen and oxygen atoms in total. The summed E-state index contributed by atoms with van der Waals surface area (Å²) in [6, 6.07) is -1.15. The van der Waals surface area contributed by atoms with E-state index >= 15 is 0 Å². The van der Waals surface area contributed by atoms with Gasteiger partial charge in [-0.05, 0) is 12.8 Å². The average molecular weight is 924 g/mol. The molecular formula is C49H98NO12P. The minimum absolute atomic E-state index is 0.215. The maximum Gasteiger partial charge on any atom is 0.472 e. The van der Waals surface area contributed by atoms with Crippen LogP contribution in [0, 0.1) is 0 Å². The molecule has 0 spiro atoms. The Hall–Kier alpha value is -0.700. The first-order chi connectivity index (χ1) is 30.3. The van der Waals surface area contributed by atoms with Crippen LogP contribution in [0.1, 0.15) is 245 Å². The van der Waals surface area contributed by atoms with Gasteiger partial charge in [0.25, 0.3) is 0 Å². The highest BCUT2D eigenvalue weighted by Gasteiger charge is 2.51. The van der Waals surface area contributed by atoms with Crippen molar-refractivity contribution < 1.29 is 59.0 Å². The van der Waals surface area contributed by atoms with E-state index in [1.54, 1.807) is 0 Å². The number of carbonyl (C=O) groups excluding carboxylic acids is 1. The Morgan fingerprint density at radius 3 is 1.14 bits per heavy atom. The molecule has 1 amide bonds. The Labute approximate surface area is 383 Å². The number of phosphoric ester groups is 1. The van der Waals surface area contributed by atoms with Crippen LogP contribution in [-0.2, 0) is 18.4 Å². The Morgan fingerprint density at radius 2 is 0.794 bits per heavy atom. The van der Waals surface area contributed by atoms with Crippen LogP contribution in [-0.4, -0.2) is 108 Å². The minimum atomic E-state index is -5.11. The Balaban J connectivity index is 2.42. The zero-order chi connectivity index (χ0) is 46.6. The predicted molar refractivity (Wildman–Crippen MR) is 252 cm³/mol. The molecule has 0 heterocycles. The molecule has 1 saturated carbocycles. The maximum atomic E-state index is 13.1. The summed E-state index contributed by atoms with van der Waals surface area (Å²) >= 11 is 0. The van der Waals surface area contributed by atoms with E-state index in [2.05, 4.69) is 19.2 Å². The van der Waals surface area contributed by atoms with Gasteiger partial charge in [-0.2, -0.15) is 0 Å². The fraction of sp³-hybridized carbons (Fsp3) is 0.980. The summed E-state index contributed by atoms with van der Waals surface area (Å²) in [6.45, 7) is 3.82. The number of amides is 1. The Morgan fingerprint density at radius 1 is 0.492 bits per heavy atom. The molecule has 1 fully saturated rings. The fourth-order valence-electron chi connectivity index (χ4n) is 8.72. The Bertz CT molecular complexity index is 1090. The van der Waals surface area contributed by atoms with Gasteiger partial charge in [-0.1, -0.05) is 226 Å². The molecular weight excluding hydrogens is 826 g/mol. The van der Waals surface area contributed by atoms with E-state index in [4.69, 9.17) is 9.05 Å². The highest BCUT2D eigenvalue weighted by molar-refractivity contribution is 7.47. The van der Waals surface area contributed by atoms with Gasteiger partial charge in [-0.25, -0.2) is 4.57 Å². The summed E-state index contributed by atoms with van der Waals surface area (Å²) in [4.78, 5) is 23.5. The number of nitrogens with one attached hydrogen (secondary N) is 1. The number of unbranched alkanes of at least 4 members (excludes halogenated alkanes) is 31. The molecule has 0 aromatic heterocycles. The molecule has 0 bridgehead atoms. The third-order valence-electron chi connectivity index (χ3n) is 13.0. The van der Waals surface area contributed by atoms with Gasteiger partial charge in [0.15, 0.2) is 0 Å². The maximum absolute atomic E-state index is 13.1. The molecule has 9 N–H and O–H groups in total. The second kappa shape index (κ2) is 39.3. The first-order valence-corrected chi connectivity index (χ1v) is 27.6. The third-order valence-corrected chi connectivity index (χ3v) is 14.0. The topological polar surface area (TPSA) is 226 Å². The molecule has 8 unspecified atom stereocenters. The summed E-state index contributed by atoms with van der Waals surface area (Å²) in [7, 11) is -5.11. The molecule has 1 aliphatic rings. The average Bonchev–Trinajstić information content (AvgIpc) is 3.26. The van der Waals surface area contributed by atoms with E-state index in [9.17, 15) is 50.0 Å². The summed E-state index contributed by atoms with van der Waals surface area (Å²) in [5, 5.41) is 74.8. The highest BCUT2D eigenvalue weighted by atomic mass is 31.2. The van der Waals surface area contributed by atoms with Gasteiger partial charge in [-0.3, -0.25) is 13.8 Å². The Kier molecular flexibility index (Phi) is 37.6. The lowest BCUT2D eigenvalue weighted by molar-refractivity contribution is -0.220. The first-order valence-electron chi connectivity index (χ1n) is 26.1. The van der Waals surface area contributed by atoms with Gasteiger partial charge in [0.1, 0.15) is 36.6 Å². The standard InChI is InChI=1S/C49H98NO12P/c1-3-5-7-9-11-13-15-17-19-20-21-22-23-24-26-28-30-32-34-36-40(51)38-43(53)50-41(39-61-63(59,60)62-49-47(57)45(55)44(54)46(56)48(49)58)42(52)37-35-33-31-29-27-25-18-16-14-12-10-8-6-4-2/h40-42,44-49,51-52,54-58H,3-39H2,1-2H3,(H,50,53)(H,59,60). The van der Waals surface area contributed by atoms with Crippen molar-refractivity contribution in [2.75, 3.05) is 6.61 Å². The number of carbonyl (C=O) groups is 1. The van der Waals surface area contributed by atoms with Crippen molar-refractivity contribution in [3.05, 3.63) is 0 Å². The van der Waals surface area contributed by atoms with Crippen LogP contribution in [0.4, 0.5) is 0 Å². The zero-order valence-electron chi connectivity index (χ0n) is 40.0. The highest BCUT2D eigenvalue weighted by Crippen LogP contribution is 2.47. The van der Waals surface area contributed by atoms with Crippen LogP contribution < -0.4 is 5.32 Å². The number of hydrogen-bond acceptors (Lipinski definition) is 11. The van der Waals surface area contributed by atoms with Crippen LogP contribution in [0.2, 0.25) is 0 Å². The molecule has 1 rings (SSSR count). The molecule has 0 aromatic rings. The van der Waals surface area contributed by atoms with Gasteiger partial charge >= 0.3 is 7.82 Å². The SMILES string of the molecule is CCCCCCCCCCCCCCCCCCCCCC(O)CC(=O)NC(COP(=O)(O)OC1C(O)C(O)C(O)C(O)C1O)C(O)CCCCCCCCCCCCCCCC. The monoisotopic (exact) mass is 924 g/mol. The number of aliphatic hydroxyl groups is 7. The number of phosphoric acid groups is 1. The zero-order valence-corrected chi connectivity index (χ0v) is 40.9. The van der Waals surface area contributed by atoms with Crippen LogP contribution in [0.3, 0.4) is 0 Å². The van der Waals surface area contributed by atoms with E-state index in [1.807, 2.05) is 0 Å². The normalized spacial score (nSPS) is 22.8. The minimum Gasteiger partial charge on any atom is -0.393 e. The van der Waals surface area contributed by atoms with E-state index in [0.717, 1.165) is 51.4 Å². The third kappa shape index (κ3) is 31.1. The van der Waals surface area contributed by atoms with Gasteiger partial charge in [-0.15, -0.1) is 0 Å². The van der Waals surface area contributed by atoms with Gasteiger partial charge in [0.2, 0.25) is 5.91 Å². The van der Waals surface area contributed by atoms with Crippen molar-refractivity contribution in [2.24, 2.45) is 0 Å². The molecule has 63 heavy (non-hydrogen) atoms. The van der Waals surface area contributed by atoms with Crippen LogP contribution in [0.5, 0.6) is 0 Å². The molecule has 376 valence electrons. The van der Waals surface area contributed by atoms with Crippen molar-refractivity contribution in [1.29, 1.82) is 0 Å². The number of rotatable bonds is 44. The predicted octanol–water partition coefficient (Wildman–Crippen LogP) is 9.60. The summed E-state index contributed by atoms with van der Waals surface area (Å²) in [6.07, 6.45) is 27.2. The second-order valence-electron chi connectivity index (χ2n) is 18.9. The van der Waals surface area contributed by atoms with Crippen molar-refractivity contribution in [1.82, 2.24) is 5.32 Å². The van der Waals surface area contributed by atoms with E-state index in [-0.39, 0.29) is 12.8 Å². The van der Waals surface area contributed by atoms with Gasteiger partial charge in [0.05, 0.1) is 31.3 Å². The van der Waals surface area contributed by atoms with Crippen LogP contribution >= 0.6 is 7.82 Å². The van der Waals surface area contributed by atoms with Gasteiger partial charge in [0, 0.05) is 0 Å². The number of hydrogen-bond donors (Lipinski definition) is 9. The fourth-order valence-corrected chi connectivity index (χ4v) is 9.69. The molecule has 8 atom stereocenters. The lowest BCUT2D eigenvalue weighted by Crippen LogP contribution is -2.64. The quantitative estimate of drug-likeness (QED) is 0.0206. The van der Waals surface area contributed by atoms with Crippen molar-refractivity contribution in [2.45, 2.75) is 300 Å². The second-order valence-corrected chi connectivity index (χ2v) is 20.3. The first kappa shape index (κ1) is 60.3. The summed E-state index contributed by atoms with van der Waals surface area (Å²) in [5.41, 5.74) is 0. The van der Waals surface area contributed by atoms with Crippen molar-refractivity contribution in [3.8, 4) is 0 Å². The smallest absolute Gasteiger partial charge is 0.393 e. The molecule has 0 aromatic carbocycles. The lowest BCUT2D eigenvalue weighted by atomic mass is 9.85. The molecule has 14 heteroatoms. The summed E-state index contributed by atoms with van der Waals surface area (Å²) < 4.78 is 23.0. The van der Waals surface area contributed by atoms with Crippen molar-refractivity contribution >= 4 is 13.7 Å². The van der Waals surface area contributed by atoms with Crippen molar-refractivity contribution in [3.63, 3.8) is 0 Å². The summed E-state index contributed by atoms with van der Waals surface area (Å²) in [5.74, 6) is -0.555. The molecule has 0 saturated heterocycles. The van der Waals surface area contributed by atoms with Crippen LogP contribution in [0.15, 0.2) is 0 Å². The largest absolute Gasteiger partial charge is 0.472 e. The van der Waals surface area contributed by atoms with E-state index < -0.39 is 75.2 Å². The van der Waals surface area contributed by atoms with Gasteiger partial charge < -0.3 is 46.0 Å². The number of aliphatic hydroxyl groups excluding tert-OH is 7. The molecule has 0 aliphatic heterocycles. The molecule has 1 aliphatic carbocycles. The van der Waals surface area contributed by atoms with E-state index in [1.165, 1.54) is 154 Å². The van der Waals surface area contributed by atoms with Crippen LogP contribution in [0.25, 0.3) is 0 Å². The van der Waals surface area contributed by atoms with E-state index in [0.29, 0.717) is 12.8 Å². The molecule has 0 radical (unpaired) electrons.